The molecule has 0 aliphatic rings. The van der Waals surface area contributed by atoms with Gasteiger partial charge in [0.25, 0.3) is 0 Å². The number of fused-ring (bicyclic) bond motifs is 1. The number of anilines is 2. The van der Waals surface area contributed by atoms with Crippen molar-refractivity contribution in [2.45, 2.75) is 0 Å². The summed E-state index contributed by atoms with van der Waals surface area (Å²) >= 11 is 12.1. The number of aromatic nitrogens is 1. The molecule has 0 aliphatic carbocycles. The number of rotatable bonds is 5. The Morgan fingerprint density at radius 3 is 2.52 bits per heavy atom. The Labute approximate surface area is 164 Å². The van der Waals surface area contributed by atoms with Gasteiger partial charge in [0.1, 0.15) is 0 Å². The van der Waals surface area contributed by atoms with E-state index in [1.54, 1.807) is 36.5 Å². The number of pyridine rings is 1. The minimum absolute atomic E-state index is 0.00794. The van der Waals surface area contributed by atoms with Crippen LogP contribution in [0.4, 0.5) is 11.4 Å². The molecular weight excluding hydrogens is 387 g/mol. The molecule has 0 unspecified atom stereocenters. The number of allylic oxidation sites excluding steroid dienone is 1. The Morgan fingerprint density at radius 2 is 1.85 bits per heavy atom. The molecule has 8 heteroatoms. The largest absolute Gasteiger partial charge is 0.478 e. The molecule has 0 saturated heterocycles. The highest BCUT2D eigenvalue weighted by atomic mass is 35.5. The van der Waals surface area contributed by atoms with Crippen LogP contribution in [-0.2, 0) is 0 Å². The molecule has 0 spiro atoms. The SMILES string of the molecule is N=CC(=CN)c1cnc2ccc(Cl)cc2c1Nc1ccc(Cl)cc1C(=O)O. The molecule has 1 heterocycles. The van der Waals surface area contributed by atoms with Gasteiger partial charge in [0.05, 0.1) is 22.5 Å². The summed E-state index contributed by atoms with van der Waals surface area (Å²) in [6.45, 7) is 0. The second-order valence-corrected chi connectivity index (χ2v) is 6.47. The van der Waals surface area contributed by atoms with Crippen LogP contribution in [-0.4, -0.2) is 22.3 Å². The lowest BCUT2D eigenvalue weighted by molar-refractivity contribution is 0.0698. The van der Waals surface area contributed by atoms with E-state index >= 15 is 0 Å². The van der Waals surface area contributed by atoms with Gasteiger partial charge in [-0.3, -0.25) is 4.98 Å². The molecule has 0 fully saturated rings. The first-order valence-corrected chi connectivity index (χ1v) is 8.51. The summed E-state index contributed by atoms with van der Waals surface area (Å²) in [4.78, 5) is 16.0. The molecule has 0 bridgehead atoms. The van der Waals surface area contributed by atoms with Gasteiger partial charge < -0.3 is 21.6 Å². The Morgan fingerprint density at radius 1 is 1.15 bits per heavy atom. The fourth-order valence-corrected chi connectivity index (χ4v) is 3.02. The van der Waals surface area contributed by atoms with Crippen LogP contribution in [0, 0.1) is 5.41 Å². The Balaban J connectivity index is 2.29. The molecule has 27 heavy (non-hydrogen) atoms. The first-order chi connectivity index (χ1) is 12.9. The van der Waals surface area contributed by atoms with E-state index in [0.29, 0.717) is 43.5 Å². The van der Waals surface area contributed by atoms with E-state index in [1.807, 2.05) is 0 Å². The van der Waals surface area contributed by atoms with Gasteiger partial charge in [-0.2, -0.15) is 0 Å². The van der Waals surface area contributed by atoms with Crippen molar-refractivity contribution in [3.8, 4) is 0 Å². The molecule has 5 N–H and O–H groups in total. The third kappa shape index (κ3) is 3.72. The number of nitrogens with one attached hydrogen (secondary N) is 2. The normalized spacial score (nSPS) is 11.4. The average molecular weight is 401 g/mol. The van der Waals surface area contributed by atoms with Crippen LogP contribution in [0.25, 0.3) is 16.5 Å². The second-order valence-electron chi connectivity index (χ2n) is 5.59. The fraction of sp³-hybridized carbons (Fsp3) is 0. The number of carboxylic acid groups (broad SMARTS) is 1. The van der Waals surface area contributed by atoms with Gasteiger partial charge in [-0.1, -0.05) is 23.2 Å². The smallest absolute Gasteiger partial charge is 0.337 e. The molecule has 3 aromatic rings. The van der Waals surface area contributed by atoms with Crippen molar-refractivity contribution in [2.75, 3.05) is 5.32 Å². The maximum Gasteiger partial charge on any atom is 0.337 e. The molecule has 0 aliphatic heterocycles. The lowest BCUT2D eigenvalue weighted by Gasteiger charge is -2.17. The molecule has 0 atom stereocenters. The van der Waals surface area contributed by atoms with Gasteiger partial charge in [-0.15, -0.1) is 0 Å². The van der Waals surface area contributed by atoms with Gasteiger partial charge in [0.15, 0.2) is 0 Å². The Kier molecular flexibility index (Phi) is 5.30. The lowest BCUT2D eigenvalue weighted by atomic mass is 10.0. The van der Waals surface area contributed by atoms with Crippen LogP contribution < -0.4 is 11.1 Å². The van der Waals surface area contributed by atoms with Crippen molar-refractivity contribution in [1.82, 2.24) is 4.98 Å². The summed E-state index contributed by atoms with van der Waals surface area (Å²) in [5, 5.41) is 21.7. The highest BCUT2D eigenvalue weighted by Gasteiger charge is 2.16. The molecule has 0 saturated carbocycles. The third-order valence-corrected chi connectivity index (χ3v) is 4.42. The third-order valence-electron chi connectivity index (χ3n) is 3.95. The van der Waals surface area contributed by atoms with Crippen LogP contribution in [0.5, 0.6) is 0 Å². The van der Waals surface area contributed by atoms with Crippen LogP contribution in [0.3, 0.4) is 0 Å². The molecular formula is C19H14Cl2N4O2. The number of hydrogen-bond acceptors (Lipinski definition) is 5. The zero-order chi connectivity index (χ0) is 19.6. The minimum atomic E-state index is -1.13. The summed E-state index contributed by atoms with van der Waals surface area (Å²) in [6, 6.07) is 9.69. The summed E-state index contributed by atoms with van der Waals surface area (Å²) < 4.78 is 0. The summed E-state index contributed by atoms with van der Waals surface area (Å²) in [5.74, 6) is -1.13. The zero-order valence-electron chi connectivity index (χ0n) is 13.8. The minimum Gasteiger partial charge on any atom is -0.478 e. The first-order valence-electron chi connectivity index (χ1n) is 7.75. The number of nitrogens with two attached hydrogens (primary N) is 1. The van der Waals surface area contributed by atoms with E-state index in [1.165, 1.54) is 12.3 Å². The summed E-state index contributed by atoms with van der Waals surface area (Å²) in [6.07, 6.45) is 3.95. The maximum atomic E-state index is 11.6. The molecule has 6 nitrogen and oxygen atoms in total. The number of nitrogens with zero attached hydrogens (tertiary/aromatic N) is 1. The topological polar surface area (TPSA) is 112 Å². The molecule has 1 aromatic heterocycles. The molecule has 136 valence electrons. The maximum absolute atomic E-state index is 11.6. The quantitative estimate of drug-likeness (QED) is 0.453. The predicted molar refractivity (Wildman–Crippen MR) is 109 cm³/mol. The standard InChI is InChI=1S/C19H14Cl2N4O2/c20-11-1-3-16-13(5-11)18(15(9-24-16)10(7-22)8-23)25-17-4-2-12(21)6-14(17)19(26)27/h1-9,22H,23H2,(H,24,25)(H,26,27). The van der Waals surface area contributed by atoms with Crippen LogP contribution in [0.15, 0.2) is 48.8 Å². The van der Waals surface area contributed by atoms with E-state index in [9.17, 15) is 9.90 Å². The number of carboxylic acids is 1. The molecule has 2 aromatic carbocycles. The van der Waals surface area contributed by atoms with Crippen molar-refractivity contribution in [1.29, 1.82) is 5.41 Å². The zero-order valence-corrected chi connectivity index (χ0v) is 15.3. The Hall–Kier alpha value is -3.09. The monoisotopic (exact) mass is 400 g/mol. The van der Waals surface area contributed by atoms with Crippen molar-refractivity contribution in [3.05, 3.63) is 70.0 Å². The van der Waals surface area contributed by atoms with E-state index in [0.717, 1.165) is 6.21 Å². The predicted octanol–water partition coefficient (Wildman–Crippen LogP) is 4.93. The number of carbonyl (C=O) groups is 1. The highest BCUT2D eigenvalue weighted by molar-refractivity contribution is 6.32. The summed E-state index contributed by atoms with van der Waals surface area (Å²) in [5.41, 5.74) is 8.12. The van der Waals surface area contributed by atoms with E-state index in [2.05, 4.69) is 10.3 Å². The number of benzene rings is 2. The van der Waals surface area contributed by atoms with Gasteiger partial charge in [0, 0.05) is 45.2 Å². The van der Waals surface area contributed by atoms with Crippen molar-refractivity contribution in [3.63, 3.8) is 0 Å². The van der Waals surface area contributed by atoms with E-state index in [-0.39, 0.29) is 5.56 Å². The molecule has 3 rings (SSSR count). The van der Waals surface area contributed by atoms with Crippen molar-refractivity contribution < 1.29 is 9.90 Å². The van der Waals surface area contributed by atoms with Gasteiger partial charge in [0.2, 0.25) is 0 Å². The average Bonchev–Trinajstić information content (AvgIpc) is 2.65. The molecule has 0 radical (unpaired) electrons. The number of aromatic carboxylic acids is 1. The van der Waals surface area contributed by atoms with Gasteiger partial charge in [-0.05, 0) is 36.4 Å². The van der Waals surface area contributed by atoms with Crippen LogP contribution in [0.1, 0.15) is 15.9 Å². The molecule has 0 amide bonds. The summed E-state index contributed by atoms with van der Waals surface area (Å²) in [7, 11) is 0. The number of halogens is 2. The van der Waals surface area contributed by atoms with Gasteiger partial charge in [-0.25, -0.2) is 4.79 Å². The van der Waals surface area contributed by atoms with E-state index < -0.39 is 5.97 Å². The lowest BCUT2D eigenvalue weighted by Crippen LogP contribution is -2.06. The fourth-order valence-electron chi connectivity index (χ4n) is 2.67. The van der Waals surface area contributed by atoms with Crippen molar-refractivity contribution >= 4 is 63.2 Å². The Bertz CT molecular complexity index is 1100. The van der Waals surface area contributed by atoms with Crippen LogP contribution in [0.2, 0.25) is 10.0 Å². The number of hydrogen-bond donors (Lipinski definition) is 4. The highest BCUT2D eigenvalue weighted by Crippen LogP contribution is 2.35. The van der Waals surface area contributed by atoms with Crippen LogP contribution >= 0.6 is 23.2 Å². The van der Waals surface area contributed by atoms with Gasteiger partial charge >= 0.3 is 5.97 Å². The second kappa shape index (κ2) is 7.65. The van der Waals surface area contributed by atoms with Crippen molar-refractivity contribution in [2.24, 2.45) is 5.73 Å². The van der Waals surface area contributed by atoms with E-state index in [4.69, 9.17) is 34.3 Å². The first kappa shape index (κ1) is 18.7.